The molecule has 2 aromatic carbocycles. The van der Waals surface area contributed by atoms with Crippen molar-refractivity contribution in [3.63, 3.8) is 0 Å². The molecule has 0 fully saturated rings. The number of rotatable bonds is 11. The van der Waals surface area contributed by atoms with E-state index in [1.807, 2.05) is 48.5 Å². The number of carbonyl (C=O) groups excluding carboxylic acids is 1. The standard InChI is InChI=1S/C21H27BrN2O2/c1-2-3-4-5-6-15-26-20-13-11-19(12-14-20)24-21(25)16-23-18-9-7-17(22)8-10-18/h7-14,23H,2-6,15-16H2,1H3,(H,24,25). The van der Waals surface area contributed by atoms with Crippen LogP contribution < -0.4 is 15.4 Å². The van der Waals surface area contributed by atoms with Crippen molar-refractivity contribution in [1.82, 2.24) is 0 Å². The second-order valence-corrected chi connectivity index (χ2v) is 7.11. The molecule has 2 aromatic rings. The quantitative estimate of drug-likeness (QED) is 0.450. The molecule has 1 amide bonds. The van der Waals surface area contributed by atoms with Crippen molar-refractivity contribution in [2.45, 2.75) is 39.0 Å². The van der Waals surface area contributed by atoms with Gasteiger partial charge in [-0.2, -0.15) is 0 Å². The van der Waals surface area contributed by atoms with Crippen LogP contribution in [0.15, 0.2) is 53.0 Å². The number of amides is 1. The molecule has 2 rings (SSSR count). The van der Waals surface area contributed by atoms with Crippen molar-refractivity contribution in [3.8, 4) is 5.75 Å². The number of hydrogen-bond acceptors (Lipinski definition) is 3. The first kappa shape index (κ1) is 20.3. The minimum atomic E-state index is -0.0856. The fourth-order valence-electron chi connectivity index (χ4n) is 2.49. The van der Waals surface area contributed by atoms with Crippen molar-refractivity contribution in [3.05, 3.63) is 53.0 Å². The molecule has 0 unspecified atom stereocenters. The Kier molecular flexibility index (Phi) is 9.04. The summed E-state index contributed by atoms with van der Waals surface area (Å²) >= 11 is 3.39. The Balaban J connectivity index is 1.67. The lowest BCUT2D eigenvalue weighted by atomic mass is 10.2. The maximum Gasteiger partial charge on any atom is 0.243 e. The minimum absolute atomic E-state index is 0.0856. The van der Waals surface area contributed by atoms with E-state index in [9.17, 15) is 4.79 Å². The Hall–Kier alpha value is -2.01. The topological polar surface area (TPSA) is 50.4 Å². The number of ether oxygens (including phenoxy) is 1. The molecular formula is C21H27BrN2O2. The van der Waals surface area contributed by atoms with Crippen molar-refractivity contribution in [2.24, 2.45) is 0 Å². The largest absolute Gasteiger partial charge is 0.494 e. The van der Waals surface area contributed by atoms with Gasteiger partial charge >= 0.3 is 0 Å². The summed E-state index contributed by atoms with van der Waals surface area (Å²) in [5, 5.41) is 5.97. The highest BCUT2D eigenvalue weighted by Gasteiger charge is 2.03. The average molecular weight is 419 g/mol. The van der Waals surface area contributed by atoms with E-state index in [0.29, 0.717) is 0 Å². The molecule has 2 N–H and O–H groups in total. The van der Waals surface area contributed by atoms with Crippen LogP contribution in [-0.4, -0.2) is 19.1 Å². The first-order valence-electron chi connectivity index (χ1n) is 9.19. The Bertz CT molecular complexity index is 657. The number of nitrogens with one attached hydrogen (secondary N) is 2. The van der Waals surface area contributed by atoms with E-state index in [0.717, 1.165) is 34.6 Å². The first-order valence-corrected chi connectivity index (χ1v) is 9.99. The van der Waals surface area contributed by atoms with Gasteiger partial charge in [-0.15, -0.1) is 0 Å². The van der Waals surface area contributed by atoms with Gasteiger partial charge in [0.1, 0.15) is 5.75 Å². The molecule has 140 valence electrons. The zero-order valence-electron chi connectivity index (χ0n) is 15.3. The number of halogens is 1. The van der Waals surface area contributed by atoms with Crippen LogP contribution >= 0.6 is 15.9 Å². The first-order chi connectivity index (χ1) is 12.7. The van der Waals surface area contributed by atoms with Crippen LogP contribution in [0.4, 0.5) is 11.4 Å². The van der Waals surface area contributed by atoms with E-state index >= 15 is 0 Å². The summed E-state index contributed by atoms with van der Waals surface area (Å²) < 4.78 is 6.74. The molecule has 0 aliphatic heterocycles. The van der Waals surface area contributed by atoms with Gasteiger partial charge in [-0.3, -0.25) is 4.79 Å². The zero-order valence-corrected chi connectivity index (χ0v) is 16.8. The van der Waals surface area contributed by atoms with E-state index in [1.165, 1.54) is 25.7 Å². The minimum Gasteiger partial charge on any atom is -0.494 e. The molecule has 0 saturated carbocycles. The highest BCUT2D eigenvalue weighted by molar-refractivity contribution is 9.10. The summed E-state index contributed by atoms with van der Waals surface area (Å²) in [7, 11) is 0. The SMILES string of the molecule is CCCCCCCOc1ccc(NC(=O)CNc2ccc(Br)cc2)cc1. The van der Waals surface area contributed by atoms with Crippen molar-refractivity contribution >= 4 is 33.2 Å². The monoisotopic (exact) mass is 418 g/mol. The van der Waals surface area contributed by atoms with Gasteiger partial charge in [0.2, 0.25) is 5.91 Å². The lowest BCUT2D eigenvalue weighted by Gasteiger charge is -2.09. The third-order valence-electron chi connectivity index (χ3n) is 3.95. The molecule has 0 spiro atoms. The second kappa shape index (κ2) is 11.6. The predicted molar refractivity (Wildman–Crippen MR) is 112 cm³/mol. The van der Waals surface area contributed by atoms with Crippen LogP contribution in [0.5, 0.6) is 5.75 Å². The Labute approximate surface area is 164 Å². The lowest BCUT2D eigenvalue weighted by molar-refractivity contribution is -0.114. The van der Waals surface area contributed by atoms with Gasteiger partial charge < -0.3 is 15.4 Å². The predicted octanol–water partition coefficient (Wildman–Crippen LogP) is 5.85. The third-order valence-corrected chi connectivity index (χ3v) is 4.48. The molecule has 0 saturated heterocycles. The molecular weight excluding hydrogens is 392 g/mol. The van der Waals surface area contributed by atoms with E-state index < -0.39 is 0 Å². The van der Waals surface area contributed by atoms with Crippen molar-refractivity contribution in [1.29, 1.82) is 0 Å². The summed E-state index contributed by atoms with van der Waals surface area (Å²) in [5.41, 5.74) is 1.67. The highest BCUT2D eigenvalue weighted by Crippen LogP contribution is 2.17. The smallest absolute Gasteiger partial charge is 0.243 e. The molecule has 0 atom stereocenters. The molecule has 5 heteroatoms. The molecule has 0 heterocycles. The van der Waals surface area contributed by atoms with Crippen LogP contribution in [0.1, 0.15) is 39.0 Å². The number of benzene rings is 2. The maximum absolute atomic E-state index is 12.0. The fraction of sp³-hybridized carbons (Fsp3) is 0.381. The van der Waals surface area contributed by atoms with Crippen LogP contribution in [0.2, 0.25) is 0 Å². The molecule has 4 nitrogen and oxygen atoms in total. The van der Waals surface area contributed by atoms with Gasteiger partial charge in [0.25, 0.3) is 0 Å². The van der Waals surface area contributed by atoms with Gasteiger partial charge in [-0.05, 0) is 55.0 Å². The second-order valence-electron chi connectivity index (χ2n) is 6.20. The van der Waals surface area contributed by atoms with E-state index in [4.69, 9.17) is 4.74 Å². The van der Waals surface area contributed by atoms with Gasteiger partial charge in [-0.25, -0.2) is 0 Å². The van der Waals surface area contributed by atoms with E-state index in [-0.39, 0.29) is 12.5 Å². The van der Waals surface area contributed by atoms with Crippen LogP contribution in [0.3, 0.4) is 0 Å². The van der Waals surface area contributed by atoms with Gasteiger partial charge in [0, 0.05) is 15.8 Å². The molecule has 0 aliphatic rings. The summed E-state index contributed by atoms with van der Waals surface area (Å²) in [6.45, 7) is 3.18. The summed E-state index contributed by atoms with van der Waals surface area (Å²) in [4.78, 5) is 12.0. The molecule has 0 radical (unpaired) electrons. The maximum atomic E-state index is 12.0. The summed E-state index contributed by atoms with van der Waals surface area (Å²) in [6.07, 6.45) is 6.13. The molecule has 0 aromatic heterocycles. The number of carbonyl (C=O) groups is 1. The van der Waals surface area contributed by atoms with Crippen molar-refractivity contribution in [2.75, 3.05) is 23.8 Å². The summed E-state index contributed by atoms with van der Waals surface area (Å²) in [6, 6.07) is 15.2. The van der Waals surface area contributed by atoms with Crippen LogP contribution in [0.25, 0.3) is 0 Å². The van der Waals surface area contributed by atoms with Crippen molar-refractivity contribution < 1.29 is 9.53 Å². The molecule has 0 aliphatic carbocycles. The fourth-order valence-corrected chi connectivity index (χ4v) is 2.75. The van der Waals surface area contributed by atoms with E-state index in [1.54, 1.807) is 0 Å². The molecule has 0 bridgehead atoms. The summed E-state index contributed by atoms with van der Waals surface area (Å²) in [5.74, 6) is 0.754. The Morgan fingerprint density at radius 1 is 0.923 bits per heavy atom. The molecule has 26 heavy (non-hydrogen) atoms. The number of anilines is 2. The van der Waals surface area contributed by atoms with Gasteiger partial charge in [-0.1, -0.05) is 48.5 Å². The Morgan fingerprint density at radius 2 is 1.58 bits per heavy atom. The Morgan fingerprint density at radius 3 is 2.27 bits per heavy atom. The number of hydrogen-bond donors (Lipinski definition) is 2. The average Bonchev–Trinajstić information content (AvgIpc) is 2.65. The van der Waals surface area contributed by atoms with E-state index in [2.05, 4.69) is 33.5 Å². The van der Waals surface area contributed by atoms with Gasteiger partial charge in [0.15, 0.2) is 0 Å². The lowest BCUT2D eigenvalue weighted by Crippen LogP contribution is -2.21. The van der Waals surface area contributed by atoms with Gasteiger partial charge in [0.05, 0.1) is 13.2 Å². The third kappa shape index (κ3) is 7.91. The highest BCUT2D eigenvalue weighted by atomic mass is 79.9. The van der Waals surface area contributed by atoms with Crippen LogP contribution in [0, 0.1) is 0 Å². The zero-order chi connectivity index (χ0) is 18.6. The normalized spacial score (nSPS) is 10.4. The van der Waals surface area contributed by atoms with Crippen LogP contribution in [-0.2, 0) is 4.79 Å². The number of unbranched alkanes of at least 4 members (excludes halogenated alkanes) is 4.